The Hall–Kier alpha value is -4.57. The molecule has 4 nitrogen and oxygen atoms in total. The molecule has 172 valence electrons. The van der Waals surface area contributed by atoms with Gasteiger partial charge in [0.15, 0.2) is 0 Å². The first-order valence-electron chi connectivity index (χ1n) is 11.4. The summed E-state index contributed by atoms with van der Waals surface area (Å²) in [5.41, 5.74) is 5.37. The molecule has 4 heteroatoms. The van der Waals surface area contributed by atoms with Crippen LogP contribution in [0.15, 0.2) is 115 Å². The van der Waals surface area contributed by atoms with Crippen LogP contribution in [0, 0.1) is 0 Å². The van der Waals surface area contributed by atoms with Crippen LogP contribution in [0.4, 0.5) is 17.1 Å². The van der Waals surface area contributed by atoms with Crippen LogP contribution in [0.1, 0.15) is 10.4 Å². The average Bonchev–Trinajstić information content (AvgIpc) is 2.93. The molecule has 35 heavy (non-hydrogen) atoms. The maximum atomic E-state index is 12.6. The number of para-hydroxylation sites is 2. The third-order valence-electron chi connectivity index (χ3n) is 6.09. The monoisotopic (exact) mass is 459 g/mol. The van der Waals surface area contributed by atoms with Crippen molar-refractivity contribution in [2.45, 2.75) is 0 Å². The fourth-order valence-corrected chi connectivity index (χ4v) is 4.46. The van der Waals surface area contributed by atoms with E-state index in [1.54, 1.807) is 19.2 Å². The van der Waals surface area contributed by atoms with Crippen LogP contribution in [0.5, 0.6) is 5.75 Å². The quantitative estimate of drug-likeness (QED) is 0.243. The van der Waals surface area contributed by atoms with Crippen molar-refractivity contribution in [2.75, 3.05) is 19.1 Å². The first-order chi connectivity index (χ1) is 17.2. The topological polar surface area (TPSA) is 38.8 Å². The minimum absolute atomic E-state index is 0.383. The second-order valence-electron chi connectivity index (χ2n) is 8.09. The highest BCUT2D eigenvalue weighted by Gasteiger charge is 2.20. The van der Waals surface area contributed by atoms with Gasteiger partial charge in [0.05, 0.1) is 25.5 Å². The molecule has 0 heterocycles. The number of hydrogen-bond acceptors (Lipinski definition) is 4. The van der Waals surface area contributed by atoms with E-state index in [0.717, 1.165) is 39.0 Å². The predicted molar refractivity (Wildman–Crippen MR) is 142 cm³/mol. The van der Waals surface area contributed by atoms with Crippen molar-refractivity contribution < 1.29 is 14.3 Å². The molecule has 0 atom stereocenters. The van der Waals surface area contributed by atoms with Crippen molar-refractivity contribution in [3.05, 3.63) is 121 Å². The molecule has 5 aromatic carbocycles. The summed E-state index contributed by atoms with van der Waals surface area (Å²) in [4.78, 5) is 14.9. The van der Waals surface area contributed by atoms with Crippen molar-refractivity contribution in [1.29, 1.82) is 0 Å². The lowest BCUT2D eigenvalue weighted by Gasteiger charge is -2.27. The van der Waals surface area contributed by atoms with Gasteiger partial charge in [0.2, 0.25) is 0 Å². The molecule has 0 radical (unpaired) electrons. The minimum Gasteiger partial charge on any atom is -0.497 e. The lowest BCUT2D eigenvalue weighted by molar-refractivity contribution is 0.0601. The number of methoxy groups -OCH3 is 2. The van der Waals surface area contributed by atoms with Gasteiger partial charge in [0, 0.05) is 22.3 Å². The van der Waals surface area contributed by atoms with Gasteiger partial charge in [-0.05, 0) is 59.5 Å². The van der Waals surface area contributed by atoms with Crippen molar-refractivity contribution in [3.8, 4) is 16.9 Å². The lowest BCUT2D eigenvalue weighted by atomic mass is 9.93. The summed E-state index contributed by atoms with van der Waals surface area (Å²) >= 11 is 0. The highest BCUT2D eigenvalue weighted by molar-refractivity contribution is 6.09. The van der Waals surface area contributed by atoms with E-state index in [0.29, 0.717) is 11.3 Å². The number of rotatable bonds is 6. The third-order valence-corrected chi connectivity index (χ3v) is 6.09. The third kappa shape index (κ3) is 4.22. The number of esters is 1. The zero-order valence-corrected chi connectivity index (χ0v) is 19.6. The van der Waals surface area contributed by atoms with Crippen LogP contribution < -0.4 is 9.64 Å². The van der Waals surface area contributed by atoms with E-state index in [2.05, 4.69) is 53.4 Å². The van der Waals surface area contributed by atoms with Crippen LogP contribution in [-0.2, 0) is 4.74 Å². The summed E-state index contributed by atoms with van der Waals surface area (Å²) in [5.74, 6) is 0.294. The van der Waals surface area contributed by atoms with E-state index in [1.165, 1.54) is 7.11 Å². The molecule has 0 amide bonds. The fraction of sp³-hybridized carbons (Fsp3) is 0.0645. The number of hydrogen-bond donors (Lipinski definition) is 0. The summed E-state index contributed by atoms with van der Waals surface area (Å²) in [5, 5.41) is 2.09. The summed E-state index contributed by atoms with van der Waals surface area (Å²) in [6, 6.07) is 38.5. The second-order valence-corrected chi connectivity index (χ2v) is 8.09. The first-order valence-corrected chi connectivity index (χ1v) is 11.4. The molecule has 0 saturated carbocycles. The molecule has 0 N–H and O–H groups in total. The van der Waals surface area contributed by atoms with Crippen LogP contribution in [0.25, 0.3) is 21.9 Å². The number of nitrogens with zero attached hydrogens (tertiary/aromatic N) is 1. The van der Waals surface area contributed by atoms with Gasteiger partial charge in [0.25, 0.3) is 0 Å². The van der Waals surface area contributed by atoms with Crippen LogP contribution in [-0.4, -0.2) is 20.2 Å². The Morgan fingerprint density at radius 2 is 1.23 bits per heavy atom. The van der Waals surface area contributed by atoms with Gasteiger partial charge in [-0.25, -0.2) is 4.79 Å². The van der Waals surface area contributed by atoms with Gasteiger partial charge >= 0.3 is 5.97 Å². The smallest absolute Gasteiger partial charge is 0.338 e. The van der Waals surface area contributed by atoms with E-state index in [9.17, 15) is 4.79 Å². The maximum Gasteiger partial charge on any atom is 0.338 e. The number of fused-ring (bicyclic) bond motifs is 1. The predicted octanol–water partition coefficient (Wildman–Crippen LogP) is 7.77. The lowest BCUT2D eigenvalue weighted by Crippen LogP contribution is -2.10. The molecular weight excluding hydrogens is 434 g/mol. The van der Waals surface area contributed by atoms with Gasteiger partial charge in [-0.3, -0.25) is 0 Å². The highest BCUT2D eigenvalue weighted by Crippen LogP contribution is 2.42. The SMILES string of the molecule is COC(=O)c1ccc(OC)cc1-c1ccc(N(c2ccccc2)c2ccccc2)c2ccccc12. The Morgan fingerprint density at radius 1 is 0.629 bits per heavy atom. The molecule has 0 bridgehead atoms. The van der Waals surface area contributed by atoms with Crippen LogP contribution in [0.2, 0.25) is 0 Å². The normalized spacial score (nSPS) is 10.7. The second kappa shape index (κ2) is 9.74. The van der Waals surface area contributed by atoms with Crippen molar-refractivity contribution in [1.82, 2.24) is 0 Å². The van der Waals surface area contributed by atoms with E-state index in [1.807, 2.05) is 54.6 Å². The van der Waals surface area contributed by atoms with Crippen molar-refractivity contribution in [3.63, 3.8) is 0 Å². The molecule has 0 saturated heterocycles. The van der Waals surface area contributed by atoms with Crippen LogP contribution >= 0.6 is 0 Å². The van der Waals surface area contributed by atoms with Gasteiger partial charge in [-0.1, -0.05) is 66.7 Å². The van der Waals surface area contributed by atoms with E-state index >= 15 is 0 Å². The molecule has 0 spiro atoms. The standard InChI is InChI=1S/C31H25NO3/c1-34-24-17-18-28(31(33)35-2)29(21-24)26-19-20-30(27-16-10-9-15-25(26)27)32(22-11-5-3-6-12-22)23-13-7-4-8-14-23/h3-21H,1-2H3. The fourth-order valence-electron chi connectivity index (χ4n) is 4.46. The Balaban J connectivity index is 1.78. The molecule has 0 aromatic heterocycles. The largest absolute Gasteiger partial charge is 0.497 e. The van der Waals surface area contributed by atoms with Crippen molar-refractivity contribution >= 4 is 33.8 Å². The summed E-state index contributed by atoms with van der Waals surface area (Å²) in [7, 11) is 3.02. The average molecular weight is 460 g/mol. The summed E-state index contributed by atoms with van der Waals surface area (Å²) in [6.07, 6.45) is 0. The highest BCUT2D eigenvalue weighted by atomic mass is 16.5. The molecule has 0 aliphatic carbocycles. The number of anilines is 3. The van der Waals surface area contributed by atoms with Gasteiger partial charge in [-0.15, -0.1) is 0 Å². The summed E-state index contributed by atoms with van der Waals surface area (Å²) < 4.78 is 10.5. The zero-order chi connectivity index (χ0) is 24.2. The van der Waals surface area contributed by atoms with Gasteiger partial charge < -0.3 is 14.4 Å². The minimum atomic E-state index is -0.383. The molecule has 0 unspecified atom stereocenters. The van der Waals surface area contributed by atoms with Crippen molar-refractivity contribution in [2.24, 2.45) is 0 Å². The number of carbonyl (C=O) groups is 1. The zero-order valence-electron chi connectivity index (χ0n) is 19.6. The Kier molecular flexibility index (Phi) is 6.18. The Morgan fingerprint density at radius 3 is 1.83 bits per heavy atom. The Bertz CT molecular complexity index is 1440. The summed E-state index contributed by atoms with van der Waals surface area (Å²) in [6.45, 7) is 0. The molecule has 0 aliphatic rings. The molecule has 5 rings (SSSR count). The van der Waals surface area contributed by atoms with E-state index < -0.39 is 0 Å². The molecular formula is C31H25NO3. The maximum absolute atomic E-state index is 12.6. The number of ether oxygens (including phenoxy) is 2. The first kappa shape index (κ1) is 22.2. The van der Waals surface area contributed by atoms with E-state index in [4.69, 9.17) is 9.47 Å². The Labute approximate surface area is 205 Å². The van der Waals surface area contributed by atoms with Gasteiger partial charge in [0.1, 0.15) is 5.75 Å². The van der Waals surface area contributed by atoms with E-state index in [-0.39, 0.29) is 5.97 Å². The number of carbonyl (C=O) groups excluding carboxylic acids is 1. The van der Waals surface area contributed by atoms with Gasteiger partial charge in [-0.2, -0.15) is 0 Å². The molecule has 5 aromatic rings. The van der Waals surface area contributed by atoms with Crippen LogP contribution in [0.3, 0.4) is 0 Å². The molecule has 0 aliphatic heterocycles. The molecule has 0 fully saturated rings. The number of benzene rings is 5.